The Morgan fingerprint density at radius 1 is 1.09 bits per heavy atom. The molecule has 1 saturated carbocycles. The second kappa shape index (κ2) is 6.06. The molecule has 2 heterocycles. The molecule has 1 aliphatic carbocycles. The van der Waals surface area contributed by atoms with E-state index in [2.05, 4.69) is 24.0 Å². The molecule has 4 heteroatoms. The van der Waals surface area contributed by atoms with Crippen LogP contribution in [0.15, 0.2) is 12.1 Å². The molecule has 1 unspecified atom stereocenters. The summed E-state index contributed by atoms with van der Waals surface area (Å²) in [7, 11) is 0. The number of nitrogens with zero attached hydrogens (tertiary/aromatic N) is 1. The summed E-state index contributed by atoms with van der Waals surface area (Å²) in [6, 6.07) is 4.33. The number of hydrogen-bond acceptors (Lipinski definition) is 3. The second-order valence-corrected chi connectivity index (χ2v) is 6.99. The quantitative estimate of drug-likeness (QED) is 0.796. The van der Waals surface area contributed by atoms with Gasteiger partial charge >= 0.3 is 0 Å². The molecule has 23 heavy (non-hydrogen) atoms. The molecule has 4 rings (SSSR count). The highest BCUT2D eigenvalue weighted by molar-refractivity contribution is 5.80. The largest absolute Gasteiger partial charge is 0.486 e. The van der Waals surface area contributed by atoms with Gasteiger partial charge in [0.25, 0.3) is 0 Å². The van der Waals surface area contributed by atoms with E-state index in [-0.39, 0.29) is 12.0 Å². The minimum atomic E-state index is 0.129. The molecule has 0 spiro atoms. The predicted octanol–water partition coefficient (Wildman–Crippen LogP) is 3.48. The van der Waals surface area contributed by atoms with Crippen LogP contribution in [0.25, 0.3) is 0 Å². The van der Waals surface area contributed by atoms with E-state index in [4.69, 9.17) is 9.47 Å². The number of hydrogen-bond donors (Lipinski definition) is 0. The van der Waals surface area contributed by atoms with E-state index in [1.165, 1.54) is 30.4 Å². The van der Waals surface area contributed by atoms with Crippen LogP contribution in [0.5, 0.6) is 11.5 Å². The van der Waals surface area contributed by atoms with Crippen LogP contribution in [0.3, 0.4) is 0 Å². The molecule has 2 aliphatic heterocycles. The highest BCUT2D eigenvalue weighted by atomic mass is 16.6. The highest BCUT2D eigenvalue weighted by Gasteiger charge is 2.33. The van der Waals surface area contributed by atoms with Crippen LogP contribution in [0.2, 0.25) is 0 Å². The summed E-state index contributed by atoms with van der Waals surface area (Å²) in [6.07, 6.45) is 6.73. The lowest BCUT2D eigenvalue weighted by Gasteiger charge is -2.38. The molecule has 1 aromatic rings. The molecular weight excluding hydrogens is 290 g/mol. The van der Waals surface area contributed by atoms with Gasteiger partial charge in [-0.1, -0.05) is 19.3 Å². The van der Waals surface area contributed by atoms with Crippen LogP contribution >= 0.6 is 0 Å². The van der Waals surface area contributed by atoms with Gasteiger partial charge in [0.15, 0.2) is 11.5 Å². The Morgan fingerprint density at radius 2 is 1.78 bits per heavy atom. The first-order chi connectivity index (χ1) is 11.2. The smallest absolute Gasteiger partial charge is 0.226 e. The molecule has 0 saturated heterocycles. The van der Waals surface area contributed by atoms with E-state index in [0.29, 0.717) is 19.1 Å². The van der Waals surface area contributed by atoms with Crippen molar-refractivity contribution >= 4 is 5.91 Å². The van der Waals surface area contributed by atoms with Gasteiger partial charge in [-0.2, -0.15) is 0 Å². The first kappa shape index (κ1) is 14.9. The Labute approximate surface area is 137 Å². The number of ether oxygens (including phenoxy) is 2. The normalized spacial score (nSPS) is 24.2. The fraction of sp³-hybridized carbons (Fsp3) is 0.632. The molecule has 0 radical (unpaired) electrons. The standard InChI is InChI=1S/C19H25NO3/c1-13-16-12-18-17(22-9-10-23-18)11-15(16)7-8-20(13)19(21)14-5-3-2-4-6-14/h11-14H,2-10H2,1H3. The van der Waals surface area contributed by atoms with Crippen molar-refractivity contribution in [3.8, 4) is 11.5 Å². The van der Waals surface area contributed by atoms with Crippen LogP contribution in [-0.2, 0) is 11.2 Å². The number of benzene rings is 1. The van der Waals surface area contributed by atoms with Gasteiger partial charge in [-0.15, -0.1) is 0 Å². The third-order valence-corrected chi connectivity index (χ3v) is 5.58. The van der Waals surface area contributed by atoms with Gasteiger partial charge in [0, 0.05) is 12.5 Å². The third-order valence-electron chi connectivity index (χ3n) is 5.58. The van der Waals surface area contributed by atoms with Gasteiger partial charge in [0.2, 0.25) is 5.91 Å². The van der Waals surface area contributed by atoms with Gasteiger partial charge in [-0.05, 0) is 49.4 Å². The predicted molar refractivity (Wildman–Crippen MR) is 87.8 cm³/mol. The fourth-order valence-electron chi connectivity index (χ4n) is 4.24. The molecule has 0 bridgehead atoms. The number of amides is 1. The Bertz CT molecular complexity index is 607. The van der Waals surface area contributed by atoms with Crippen molar-refractivity contribution in [2.75, 3.05) is 19.8 Å². The summed E-state index contributed by atoms with van der Waals surface area (Å²) in [5.41, 5.74) is 2.53. The van der Waals surface area contributed by atoms with E-state index >= 15 is 0 Å². The summed E-state index contributed by atoms with van der Waals surface area (Å²) in [5, 5.41) is 0. The highest BCUT2D eigenvalue weighted by Crippen LogP contribution is 2.40. The summed E-state index contributed by atoms with van der Waals surface area (Å²) >= 11 is 0. The van der Waals surface area contributed by atoms with Gasteiger partial charge in [-0.25, -0.2) is 0 Å². The Morgan fingerprint density at radius 3 is 2.52 bits per heavy atom. The van der Waals surface area contributed by atoms with Crippen LogP contribution < -0.4 is 9.47 Å². The molecule has 1 atom stereocenters. The van der Waals surface area contributed by atoms with E-state index in [9.17, 15) is 4.79 Å². The Hall–Kier alpha value is -1.71. The van der Waals surface area contributed by atoms with E-state index < -0.39 is 0 Å². The molecule has 0 N–H and O–H groups in total. The van der Waals surface area contributed by atoms with Crippen molar-refractivity contribution in [1.29, 1.82) is 0 Å². The van der Waals surface area contributed by atoms with Gasteiger partial charge in [0.1, 0.15) is 13.2 Å². The summed E-state index contributed by atoms with van der Waals surface area (Å²) < 4.78 is 11.4. The van der Waals surface area contributed by atoms with E-state index in [1.54, 1.807) is 0 Å². The lowest BCUT2D eigenvalue weighted by Crippen LogP contribution is -2.42. The lowest BCUT2D eigenvalue weighted by atomic mass is 9.86. The van der Waals surface area contributed by atoms with Crippen molar-refractivity contribution in [2.24, 2.45) is 5.92 Å². The topological polar surface area (TPSA) is 38.8 Å². The molecule has 0 aromatic heterocycles. The zero-order chi connectivity index (χ0) is 15.8. The first-order valence-electron chi connectivity index (χ1n) is 8.97. The van der Waals surface area contributed by atoms with Crippen molar-refractivity contribution in [3.63, 3.8) is 0 Å². The maximum atomic E-state index is 12.9. The molecule has 124 valence electrons. The molecule has 1 aromatic carbocycles. The van der Waals surface area contributed by atoms with Crippen molar-refractivity contribution < 1.29 is 14.3 Å². The van der Waals surface area contributed by atoms with E-state index in [1.807, 2.05) is 0 Å². The zero-order valence-corrected chi connectivity index (χ0v) is 13.8. The molecule has 4 nitrogen and oxygen atoms in total. The average molecular weight is 315 g/mol. The fourth-order valence-corrected chi connectivity index (χ4v) is 4.24. The number of fused-ring (bicyclic) bond motifs is 2. The van der Waals surface area contributed by atoms with Crippen molar-refractivity contribution in [3.05, 3.63) is 23.3 Å². The maximum absolute atomic E-state index is 12.9. The number of carbonyl (C=O) groups excluding carboxylic acids is 1. The van der Waals surface area contributed by atoms with Crippen LogP contribution in [0.4, 0.5) is 0 Å². The van der Waals surface area contributed by atoms with Crippen LogP contribution in [0, 0.1) is 5.92 Å². The number of carbonyl (C=O) groups is 1. The van der Waals surface area contributed by atoms with Crippen molar-refractivity contribution in [2.45, 2.75) is 51.5 Å². The Kier molecular flexibility index (Phi) is 3.92. The molecule has 3 aliphatic rings. The summed E-state index contributed by atoms with van der Waals surface area (Å²) in [6.45, 7) is 4.19. The van der Waals surface area contributed by atoms with Crippen molar-refractivity contribution in [1.82, 2.24) is 4.90 Å². The maximum Gasteiger partial charge on any atom is 0.226 e. The van der Waals surface area contributed by atoms with E-state index in [0.717, 1.165) is 37.3 Å². The third kappa shape index (κ3) is 2.68. The summed E-state index contributed by atoms with van der Waals surface area (Å²) in [4.78, 5) is 15.0. The lowest BCUT2D eigenvalue weighted by molar-refractivity contribution is -0.139. The molecular formula is C19H25NO3. The number of rotatable bonds is 1. The Balaban J connectivity index is 1.58. The van der Waals surface area contributed by atoms with Crippen LogP contribution in [0.1, 0.15) is 56.2 Å². The SMILES string of the molecule is CC1c2cc3c(cc2CCN1C(=O)C1CCCCC1)OCCO3. The average Bonchev–Trinajstić information content (AvgIpc) is 2.61. The van der Waals surface area contributed by atoms with Gasteiger partial charge < -0.3 is 14.4 Å². The van der Waals surface area contributed by atoms with Crippen LogP contribution in [-0.4, -0.2) is 30.6 Å². The van der Waals surface area contributed by atoms with Gasteiger partial charge in [0.05, 0.1) is 6.04 Å². The molecule has 1 fully saturated rings. The van der Waals surface area contributed by atoms with Gasteiger partial charge in [-0.3, -0.25) is 4.79 Å². The first-order valence-corrected chi connectivity index (χ1v) is 8.97. The minimum absolute atomic E-state index is 0.129. The zero-order valence-electron chi connectivity index (χ0n) is 13.8. The molecule has 1 amide bonds. The minimum Gasteiger partial charge on any atom is -0.486 e. The second-order valence-electron chi connectivity index (χ2n) is 6.99. The monoisotopic (exact) mass is 315 g/mol. The summed E-state index contributed by atoms with van der Waals surface area (Å²) in [5.74, 6) is 2.28.